The number of ether oxygens (including phenoxy) is 1. The Morgan fingerprint density at radius 3 is 2.76 bits per heavy atom. The van der Waals surface area contributed by atoms with Crippen LogP contribution >= 0.6 is 23.1 Å². The standard InChI is InChI=1S/C20H21N3O4S2/c1-12(2)10-23-18(25)17-15(8-9-28-17)22-20(23)29-11-16(24)21-14-7-5-4-6-13(14)19(26)27-3/h4-9,12H,10-11H2,1-3H3,(H,21,24). The van der Waals surface area contributed by atoms with Crippen molar-refractivity contribution in [1.29, 1.82) is 0 Å². The van der Waals surface area contributed by atoms with Crippen LogP contribution in [0.2, 0.25) is 0 Å². The Hall–Kier alpha value is -2.65. The van der Waals surface area contributed by atoms with E-state index >= 15 is 0 Å². The highest BCUT2D eigenvalue weighted by Crippen LogP contribution is 2.22. The summed E-state index contributed by atoms with van der Waals surface area (Å²) in [6.07, 6.45) is 0. The van der Waals surface area contributed by atoms with Crippen molar-refractivity contribution in [2.24, 2.45) is 5.92 Å². The lowest BCUT2D eigenvalue weighted by molar-refractivity contribution is -0.113. The second-order valence-corrected chi connectivity index (χ2v) is 8.57. The van der Waals surface area contributed by atoms with Crippen LogP contribution in [0.1, 0.15) is 24.2 Å². The van der Waals surface area contributed by atoms with Crippen LogP contribution in [-0.4, -0.2) is 34.3 Å². The number of methoxy groups -OCH3 is 1. The van der Waals surface area contributed by atoms with Gasteiger partial charge in [-0.25, -0.2) is 9.78 Å². The summed E-state index contributed by atoms with van der Waals surface area (Å²) < 4.78 is 6.99. The average Bonchev–Trinajstić information content (AvgIpc) is 3.17. The summed E-state index contributed by atoms with van der Waals surface area (Å²) in [5.41, 5.74) is 1.21. The SMILES string of the molecule is COC(=O)c1ccccc1NC(=O)CSc1nc2ccsc2c(=O)n1CC(C)C. The van der Waals surface area contributed by atoms with Gasteiger partial charge in [0.15, 0.2) is 5.16 Å². The minimum Gasteiger partial charge on any atom is -0.465 e. The summed E-state index contributed by atoms with van der Waals surface area (Å²) in [6, 6.07) is 8.45. The van der Waals surface area contributed by atoms with Crippen LogP contribution in [0.4, 0.5) is 5.69 Å². The summed E-state index contributed by atoms with van der Waals surface area (Å²) in [5, 5.41) is 5.07. The van der Waals surface area contributed by atoms with Gasteiger partial charge >= 0.3 is 5.97 Å². The maximum atomic E-state index is 12.8. The van der Waals surface area contributed by atoms with Crippen molar-refractivity contribution in [3.05, 3.63) is 51.6 Å². The van der Waals surface area contributed by atoms with Gasteiger partial charge in [-0.15, -0.1) is 11.3 Å². The summed E-state index contributed by atoms with van der Waals surface area (Å²) >= 11 is 2.57. The Kier molecular flexibility index (Phi) is 6.71. The van der Waals surface area contributed by atoms with Gasteiger partial charge in [0.2, 0.25) is 5.91 Å². The van der Waals surface area contributed by atoms with Crippen molar-refractivity contribution in [1.82, 2.24) is 9.55 Å². The van der Waals surface area contributed by atoms with E-state index in [1.54, 1.807) is 34.9 Å². The maximum absolute atomic E-state index is 12.8. The van der Waals surface area contributed by atoms with Crippen LogP contribution in [0.5, 0.6) is 0 Å². The number of amides is 1. The Morgan fingerprint density at radius 1 is 1.28 bits per heavy atom. The molecular formula is C20H21N3O4S2. The first-order chi connectivity index (χ1) is 13.9. The molecule has 3 aromatic rings. The third-order valence-electron chi connectivity index (χ3n) is 4.02. The molecule has 0 fully saturated rings. The highest BCUT2D eigenvalue weighted by Gasteiger charge is 2.17. The normalized spacial score (nSPS) is 11.0. The Morgan fingerprint density at radius 2 is 2.03 bits per heavy atom. The third kappa shape index (κ3) is 4.86. The van der Waals surface area contributed by atoms with E-state index < -0.39 is 5.97 Å². The molecule has 1 N–H and O–H groups in total. The third-order valence-corrected chi connectivity index (χ3v) is 5.89. The fourth-order valence-corrected chi connectivity index (χ4v) is 4.34. The Bertz CT molecular complexity index is 1100. The van der Waals surface area contributed by atoms with Gasteiger partial charge < -0.3 is 10.1 Å². The number of benzene rings is 1. The van der Waals surface area contributed by atoms with E-state index in [0.29, 0.717) is 27.6 Å². The molecule has 0 aliphatic rings. The summed E-state index contributed by atoms with van der Waals surface area (Å²) in [4.78, 5) is 41.7. The molecule has 0 atom stereocenters. The topological polar surface area (TPSA) is 90.3 Å². The van der Waals surface area contributed by atoms with Gasteiger partial charge in [0.1, 0.15) is 4.70 Å². The lowest BCUT2D eigenvalue weighted by Gasteiger charge is -2.14. The highest BCUT2D eigenvalue weighted by molar-refractivity contribution is 7.99. The minimum atomic E-state index is -0.524. The van der Waals surface area contributed by atoms with Crippen molar-refractivity contribution in [3.63, 3.8) is 0 Å². The number of hydrogen-bond donors (Lipinski definition) is 1. The number of hydrogen-bond acceptors (Lipinski definition) is 7. The summed E-state index contributed by atoms with van der Waals surface area (Å²) in [6.45, 7) is 4.57. The molecule has 29 heavy (non-hydrogen) atoms. The van der Waals surface area contributed by atoms with E-state index in [2.05, 4.69) is 10.3 Å². The lowest BCUT2D eigenvalue weighted by Crippen LogP contribution is -2.25. The molecule has 0 saturated heterocycles. The Balaban J connectivity index is 1.79. The highest BCUT2D eigenvalue weighted by atomic mass is 32.2. The van der Waals surface area contributed by atoms with E-state index in [0.717, 1.165) is 0 Å². The molecule has 1 aromatic carbocycles. The minimum absolute atomic E-state index is 0.0513. The fourth-order valence-electron chi connectivity index (χ4n) is 2.76. The number of thiophene rings is 1. The number of carbonyl (C=O) groups excluding carboxylic acids is 2. The van der Waals surface area contributed by atoms with Gasteiger partial charge in [0, 0.05) is 6.54 Å². The molecule has 2 aromatic heterocycles. The zero-order valence-corrected chi connectivity index (χ0v) is 17.9. The molecule has 0 aliphatic carbocycles. The lowest BCUT2D eigenvalue weighted by atomic mass is 10.2. The predicted molar refractivity (Wildman–Crippen MR) is 116 cm³/mol. The molecule has 0 unspecified atom stereocenters. The van der Waals surface area contributed by atoms with Crippen molar-refractivity contribution in [3.8, 4) is 0 Å². The number of thioether (sulfide) groups is 1. The second kappa shape index (κ2) is 9.23. The molecule has 0 radical (unpaired) electrons. The van der Waals surface area contributed by atoms with Gasteiger partial charge in [0.05, 0.1) is 29.6 Å². The first-order valence-electron chi connectivity index (χ1n) is 8.98. The number of rotatable bonds is 7. The first kappa shape index (κ1) is 21.1. The van der Waals surface area contributed by atoms with Crippen LogP contribution in [-0.2, 0) is 16.1 Å². The summed E-state index contributed by atoms with van der Waals surface area (Å²) in [5.74, 6) is -0.520. The number of para-hydroxylation sites is 1. The quantitative estimate of drug-likeness (QED) is 0.349. The van der Waals surface area contributed by atoms with Crippen molar-refractivity contribution < 1.29 is 14.3 Å². The molecule has 1 amide bonds. The molecule has 3 rings (SSSR count). The zero-order chi connectivity index (χ0) is 21.0. The van der Waals surface area contributed by atoms with Crippen molar-refractivity contribution in [2.75, 3.05) is 18.2 Å². The molecule has 0 saturated carbocycles. The van der Waals surface area contributed by atoms with Gasteiger partial charge in [-0.1, -0.05) is 37.7 Å². The van der Waals surface area contributed by atoms with Crippen LogP contribution in [0.15, 0.2) is 45.7 Å². The van der Waals surface area contributed by atoms with Gasteiger partial charge in [0.25, 0.3) is 5.56 Å². The number of esters is 1. The van der Waals surface area contributed by atoms with Crippen molar-refractivity contribution >= 4 is 50.9 Å². The largest absolute Gasteiger partial charge is 0.465 e. The molecular weight excluding hydrogens is 410 g/mol. The number of carbonyl (C=O) groups is 2. The predicted octanol–water partition coefficient (Wildman–Crippen LogP) is 3.63. The molecule has 0 aliphatic heterocycles. The van der Waals surface area contributed by atoms with Gasteiger partial charge in [-0.2, -0.15) is 0 Å². The monoisotopic (exact) mass is 431 g/mol. The molecule has 152 valence electrons. The van der Waals surface area contributed by atoms with Crippen LogP contribution in [0, 0.1) is 5.92 Å². The number of fused-ring (bicyclic) bond motifs is 1. The number of nitrogens with zero attached hydrogens (tertiary/aromatic N) is 2. The van der Waals surface area contributed by atoms with E-state index in [9.17, 15) is 14.4 Å². The van der Waals surface area contributed by atoms with E-state index in [1.807, 2.05) is 19.2 Å². The van der Waals surface area contributed by atoms with Crippen LogP contribution < -0.4 is 10.9 Å². The van der Waals surface area contributed by atoms with Gasteiger partial charge in [-0.3, -0.25) is 14.2 Å². The van der Waals surface area contributed by atoms with E-state index in [4.69, 9.17) is 4.74 Å². The average molecular weight is 432 g/mol. The maximum Gasteiger partial charge on any atom is 0.339 e. The molecule has 0 spiro atoms. The van der Waals surface area contributed by atoms with Crippen molar-refractivity contribution in [2.45, 2.75) is 25.5 Å². The molecule has 7 nitrogen and oxygen atoms in total. The van der Waals surface area contributed by atoms with E-state index in [-0.39, 0.29) is 28.7 Å². The van der Waals surface area contributed by atoms with Crippen LogP contribution in [0.25, 0.3) is 10.2 Å². The number of aromatic nitrogens is 2. The molecule has 0 bridgehead atoms. The smallest absolute Gasteiger partial charge is 0.339 e. The molecule has 2 heterocycles. The number of anilines is 1. The van der Waals surface area contributed by atoms with Crippen LogP contribution in [0.3, 0.4) is 0 Å². The number of nitrogens with one attached hydrogen (secondary N) is 1. The van der Waals surface area contributed by atoms with E-state index in [1.165, 1.54) is 30.2 Å². The molecule has 9 heteroatoms. The van der Waals surface area contributed by atoms with Gasteiger partial charge in [-0.05, 0) is 29.5 Å². The first-order valence-corrected chi connectivity index (χ1v) is 10.8. The second-order valence-electron chi connectivity index (χ2n) is 6.71. The fraction of sp³-hybridized carbons (Fsp3) is 0.300. The Labute approximate surface area is 176 Å². The summed E-state index contributed by atoms with van der Waals surface area (Å²) in [7, 11) is 1.29. The zero-order valence-electron chi connectivity index (χ0n) is 16.3.